The number of aromatic nitrogens is 2. The van der Waals surface area contributed by atoms with E-state index in [0.29, 0.717) is 0 Å². The number of aliphatic hydroxyl groups is 1. The van der Waals surface area contributed by atoms with E-state index in [1.807, 2.05) is 4.98 Å². The summed E-state index contributed by atoms with van der Waals surface area (Å²) < 4.78 is 57.8. The zero-order chi connectivity index (χ0) is 24.5. The van der Waals surface area contributed by atoms with Gasteiger partial charge in [0, 0.05) is 18.7 Å². The summed E-state index contributed by atoms with van der Waals surface area (Å²) in [4.78, 5) is 61.1. The first-order valence-corrected chi connectivity index (χ1v) is 13.1. The second kappa shape index (κ2) is 9.68. The molecule has 2 rings (SSSR count). The number of H-pyrrole nitrogens is 1. The van der Waals surface area contributed by atoms with Crippen LogP contribution in [0.3, 0.4) is 0 Å². The molecule has 0 saturated carbocycles. The topological polar surface area (TPSA) is 253 Å². The number of phosphoric ester groups is 1. The molecule has 0 aliphatic carbocycles. The molecule has 1 aromatic heterocycles. The Kier molecular flexibility index (Phi) is 8.23. The smallest absolute Gasteiger partial charge is 0.388 e. The Bertz CT molecular complexity index is 1080. The predicted molar refractivity (Wildman–Crippen MR) is 101 cm³/mol. The summed E-state index contributed by atoms with van der Waals surface area (Å²) in [7, 11) is -16.8. The number of ether oxygens (including phenoxy) is 2. The highest BCUT2D eigenvalue weighted by atomic mass is 31.3. The van der Waals surface area contributed by atoms with Gasteiger partial charge >= 0.3 is 29.2 Å². The molecule has 32 heavy (non-hydrogen) atoms. The van der Waals surface area contributed by atoms with Crippen LogP contribution in [-0.2, 0) is 36.3 Å². The maximum atomic E-state index is 12.0. The van der Waals surface area contributed by atoms with Crippen molar-refractivity contribution in [3.8, 4) is 0 Å². The molecule has 5 unspecified atom stereocenters. The number of aromatic amines is 1. The van der Waals surface area contributed by atoms with E-state index in [9.17, 15) is 38.2 Å². The van der Waals surface area contributed by atoms with Gasteiger partial charge in [0.25, 0.3) is 5.56 Å². The minimum Gasteiger partial charge on any atom is -0.388 e. The lowest BCUT2D eigenvalue weighted by Crippen LogP contribution is -2.40. The number of hydrogen-bond acceptors (Lipinski definition) is 11. The summed E-state index contributed by atoms with van der Waals surface area (Å²) in [6, 6.07) is 0.979. The van der Waals surface area contributed by atoms with Crippen molar-refractivity contribution in [3.63, 3.8) is 0 Å². The molecule has 2 heterocycles. The second-order valence-corrected chi connectivity index (χ2v) is 11.2. The molecule has 1 aliphatic rings. The molecule has 0 aromatic carbocycles. The van der Waals surface area contributed by atoms with Crippen LogP contribution in [0.1, 0.15) is 26.5 Å². The van der Waals surface area contributed by atoms with Crippen LogP contribution in [0.15, 0.2) is 21.9 Å². The average Bonchev–Trinajstić information content (AvgIpc) is 2.86. The van der Waals surface area contributed by atoms with Crippen LogP contribution < -0.4 is 11.2 Å². The van der Waals surface area contributed by atoms with Crippen molar-refractivity contribution in [2.45, 2.75) is 44.5 Å². The minimum atomic E-state index is -5.74. The van der Waals surface area contributed by atoms with Crippen molar-refractivity contribution >= 4 is 23.5 Å². The molecule has 0 radical (unpaired) electrons. The predicted octanol–water partition coefficient (Wildman–Crippen LogP) is -0.719. The first-order chi connectivity index (χ1) is 14.4. The van der Waals surface area contributed by atoms with Crippen LogP contribution in [0.25, 0.3) is 0 Å². The fourth-order valence-electron chi connectivity index (χ4n) is 2.75. The molecule has 0 bridgehead atoms. The van der Waals surface area contributed by atoms with Gasteiger partial charge in [-0.25, -0.2) is 18.5 Å². The molecular formula is C12H21N2O15P3. The monoisotopic (exact) mass is 526 g/mol. The van der Waals surface area contributed by atoms with E-state index in [-0.39, 0.29) is 0 Å². The number of hydrogen-bond donors (Lipinski definition) is 6. The Hall–Kier alpha value is -1.03. The first kappa shape index (κ1) is 27.2. The van der Waals surface area contributed by atoms with Crippen molar-refractivity contribution in [2.24, 2.45) is 0 Å². The van der Waals surface area contributed by atoms with Gasteiger partial charge in [0.2, 0.25) is 0 Å². The third-order valence-corrected chi connectivity index (χ3v) is 7.41. The molecule has 17 nitrogen and oxygen atoms in total. The Morgan fingerprint density at radius 2 is 1.81 bits per heavy atom. The highest BCUT2D eigenvalue weighted by Crippen LogP contribution is 2.66. The van der Waals surface area contributed by atoms with E-state index in [2.05, 4.69) is 13.1 Å². The van der Waals surface area contributed by atoms with Gasteiger partial charge in [-0.3, -0.25) is 18.9 Å². The average molecular weight is 526 g/mol. The van der Waals surface area contributed by atoms with Crippen LogP contribution in [0.5, 0.6) is 0 Å². The van der Waals surface area contributed by atoms with Gasteiger partial charge in [-0.05, 0) is 13.8 Å². The van der Waals surface area contributed by atoms with Crippen LogP contribution in [0, 0.1) is 0 Å². The molecule has 5 atom stereocenters. The summed E-state index contributed by atoms with van der Waals surface area (Å²) in [5.74, 6) is -1.99. The lowest BCUT2D eigenvalue weighted by atomic mass is 10.1. The molecule has 20 heteroatoms. The lowest BCUT2D eigenvalue weighted by molar-refractivity contribution is -0.268. The van der Waals surface area contributed by atoms with Gasteiger partial charge in [-0.2, -0.15) is 8.62 Å². The van der Waals surface area contributed by atoms with Gasteiger partial charge in [-0.15, -0.1) is 0 Å². The normalized spacial score (nSPS) is 27.9. The zero-order valence-electron chi connectivity index (χ0n) is 16.4. The van der Waals surface area contributed by atoms with E-state index in [1.165, 1.54) is 13.8 Å². The standard InChI is InChI=1S/C12H21N2O15P3/c1-7(2)26-12(6-25-31(21,22)29-32(23,24)28-30(18,19)20)5-8(15)10(27-12)14-4-3-9(16)13-11(14)17/h3-4,7-8,10,15H,5-6H2,1-2H3,(H,21,22)(H,23,24)(H,13,16,17)(H2,18,19,20). The van der Waals surface area contributed by atoms with Crippen LogP contribution in [-0.4, -0.2) is 58.8 Å². The van der Waals surface area contributed by atoms with Gasteiger partial charge in [0.05, 0.1) is 6.10 Å². The molecule has 184 valence electrons. The van der Waals surface area contributed by atoms with E-state index in [1.54, 1.807) is 0 Å². The fraction of sp³-hybridized carbons (Fsp3) is 0.667. The summed E-state index contributed by atoms with van der Waals surface area (Å²) in [5.41, 5.74) is -1.65. The SMILES string of the molecule is CC(C)OC1(COP(=O)(O)OP(=O)(O)OP(=O)(O)O)CC(O)C(n2ccc(=O)[nH]c2=O)O1. The van der Waals surface area contributed by atoms with Crippen LogP contribution in [0.2, 0.25) is 0 Å². The van der Waals surface area contributed by atoms with Crippen molar-refractivity contribution in [1.82, 2.24) is 9.55 Å². The Morgan fingerprint density at radius 3 is 2.34 bits per heavy atom. The molecule has 6 N–H and O–H groups in total. The molecule has 1 fully saturated rings. The summed E-state index contributed by atoms with van der Waals surface area (Å²) >= 11 is 0. The molecule has 0 amide bonds. The highest BCUT2D eigenvalue weighted by molar-refractivity contribution is 7.66. The summed E-state index contributed by atoms with van der Waals surface area (Å²) in [6.45, 7) is 2.05. The third-order valence-electron chi connectivity index (χ3n) is 3.62. The van der Waals surface area contributed by atoms with Gasteiger partial charge < -0.3 is 34.2 Å². The lowest BCUT2D eigenvalue weighted by Gasteiger charge is -2.31. The van der Waals surface area contributed by atoms with Crippen molar-refractivity contribution < 1.29 is 61.0 Å². The second-order valence-electron chi connectivity index (χ2n) is 6.74. The number of phosphoric acid groups is 3. The van der Waals surface area contributed by atoms with E-state index in [0.717, 1.165) is 16.8 Å². The van der Waals surface area contributed by atoms with Crippen LogP contribution in [0.4, 0.5) is 0 Å². The van der Waals surface area contributed by atoms with Crippen molar-refractivity contribution in [2.75, 3.05) is 6.61 Å². The number of nitrogens with zero attached hydrogens (tertiary/aromatic N) is 1. The maximum Gasteiger partial charge on any atom is 0.490 e. The Morgan fingerprint density at radius 1 is 1.19 bits per heavy atom. The largest absolute Gasteiger partial charge is 0.490 e. The highest BCUT2D eigenvalue weighted by Gasteiger charge is 2.51. The molecular weight excluding hydrogens is 505 g/mol. The van der Waals surface area contributed by atoms with Gasteiger partial charge in [0.1, 0.15) is 12.7 Å². The zero-order valence-corrected chi connectivity index (χ0v) is 19.1. The number of nitrogens with one attached hydrogen (secondary N) is 1. The van der Waals surface area contributed by atoms with Crippen LogP contribution >= 0.6 is 23.5 Å². The first-order valence-electron chi connectivity index (χ1n) is 8.56. The molecule has 1 saturated heterocycles. The van der Waals surface area contributed by atoms with E-state index < -0.39 is 72.0 Å². The maximum absolute atomic E-state index is 12.0. The molecule has 1 aromatic rings. The fourth-order valence-corrected chi connectivity index (χ4v) is 5.81. The quantitative estimate of drug-likeness (QED) is 0.206. The summed E-state index contributed by atoms with van der Waals surface area (Å²) in [5, 5.41) is 10.4. The third kappa shape index (κ3) is 7.78. The Balaban J connectivity index is 2.22. The summed E-state index contributed by atoms with van der Waals surface area (Å²) in [6.07, 6.45) is -2.90. The van der Waals surface area contributed by atoms with E-state index in [4.69, 9.17) is 19.3 Å². The van der Waals surface area contributed by atoms with Crippen molar-refractivity contribution in [3.05, 3.63) is 33.1 Å². The molecule has 0 spiro atoms. The number of aliphatic hydroxyl groups excluding tert-OH is 1. The minimum absolute atomic E-state index is 0.433. The Labute approximate surface area is 179 Å². The molecule has 1 aliphatic heterocycles. The van der Waals surface area contributed by atoms with Gasteiger partial charge in [0.15, 0.2) is 12.0 Å². The number of rotatable bonds is 10. The van der Waals surface area contributed by atoms with E-state index >= 15 is 0 Å². The van der Waals surface area contributed by atoms with Crippen molar-refractivity contribution in [1.29, 1.82) is 0 Å². The van der Waals surface area contributed by atoms with Gasteiger partial charge in [-0.1, -0.05) is 0 Å².